The molecule has 0 aliphatic carbocycles. The van der Waals surface area contributed by atoms with Gasteiger partial charge in [-0.25, -0.2) is 22.9 Å². The summed E-state index contributed by atoms with van der Waals surface area (Å²) in [5.74, 6) is -1.20. The summed E-state index contributed by atoms with van der Waals surface area (Å²) in [6.45, 7) is 2.62. The molecule has 5 aromatic rings. The number of rotatable bonds is 8. The van der Waals surface area contributed by atoms with Gasteiger partial charge in [0.25, 0.3) is 5.56 Å². The number of ether oxygens (including phenoxy) is 1. The van der Waals surface area contributed by atoms with E-state index in [1.165, 1.54) is 28.8 Å². The summed E-state index contributed by atoms with van der Waals surface area (Å²) < 4.78 is 49.9. The zero-order valence-corrected chi connectivity index (χ0v) is 23.6. The maximum atomic E-state index is 15.1. The minimum Gasteiger partial charge on any atom is -0.497 e. The Morgan fingerprint density at radius 1 is 0.953 bits per heavy atom. The van der Waals surface area contributed by atoms with Gasteiger partial charge in [0.1, 0.15) is 29.0 Å². The molecule has 2 aromatic heterocycles. The standard InChI is InChI=1S/C32H28F3N5O3/c1-4-40-29-16-30(39(2)18-19-8-10-23(43-3)11-9-19)36-17-20(29)12-25(31(40)41)24-14-28(27(35)15-26(24)34)38-32(42)37-22-7-5-6-21(33)13-22/h5-17H,4,18H2,1-3H3,(H2,37,38,42). The smallest absolute Gasteiger partial charge is 0.323 e. The average molecular weight is 588 g/mol. The number of nitrogens with zero attached hydrogens (tertiary/aromatic N) is 3. The lowest BCUT2D eigenvalue weighted by molar-refractivity contribution is 0.262. The quantitative estimate of drug-likeness (QED) is 0.209. The number of hydrogen-bond donors (Lipinski definition) is 2. The minimum absolute atomic E-state index is 0.0263. The summed E-state index contributed by atoms with van der Waals surface area (Å²) in [5, 5.41) is 5.26. The summed E-state index contributed by atoms with van der Waals surface area (Å²) in [6.07, 6.45) is 1.59. The maximum Gasteiger partial charge on any atom is 0.323 e. The SMILES string of the molecule is CCn1c(=O)c(-c2cc(NC(=O)Nc3cccc(F)c3)c(F)cc2F)cc2cnc(N(C)Cc3ccc(OC)cc3)cc21. The van der Waals surface area contributed by atoms with Crippen molar-refractivity contribution < 1.29 is 22.7 Å². The van der Waals surface area contributed by atoms with Crippen molar-refractivity contribution in [3.63, 3.8) is 0 Å². The Morgan fingerprint density at radius 2 is 1.72 bits per heavy atom. The van der Waals surface area contributed by atoms with Crippen molar-refractivity contribution in [1.82, 2.24) is 9.55 Å². The minimum atomic E-state index is -1.04. The molecule has 0 bridgehead atoms. The van der Waals surface area contributed by atoms with Crippen LogP contribution in [0.2, 0.25) is 0 Å². The number of carbonyl (C=O) groups excluding carboxylic acids is 1. The number of aryl methyl sites for hydroxylation is 1. The van der Waals surface area contributed by atoms with Crippen LogP contribution in [0.25, 0.3) is 22.0 Å². The van der Waals surface area contributed by atoms with E-state index in [1.807, 2.05) is 36.2 Å². The molecule has 8 nitrogen and oxygen atoms in total. The van der Waals surface area contributed by atoms with Crippen molar-refractivity contribution in [2.24, 2.45) is 0 Å². The molecule has 0 radical (unpaired) electrons. The Bertz CT molecular complexity index is 1880. The predicted octanol–water partition coefficient (Wildman–Crippen LogP) is 6.79. The largest absolute Gasteiger partial charge is 0.497 e. The second-order valence-electron chi connectivity index (χ2n) is 9.81. The number of urea groups is 1. The van der Waals surface area contributed by atoms with Crippen molar-refractivity contribution in [3.05, 3.63) is 112 Å². The number of halogens is 3. The number of hydrogen-bond acceptors (Lipinski definition) is 5. The maximum absolute atomic E-state index is 15.1. The van der Waals surface area contributed by atoms with Crippen molar-refractivity contribution >= 4 is 34.1 Å². The van der Waals surface area contributed by atoms with E-state index < -0.39 is 29.0 Å². The summed E-state index contributed by atoms with van der Waals surface area (Å²) in [5.41, 5.74) is 0.695. The topological polar surface area (TPSA) is 88.5 Å². The second-order valence-corrected chi connectivity index (χ2v) is 9.81. The van der Waals surface area contributed by atoms with Gasteiger partial charge < -0.3 is 24.8 Å². The molecule has 2 N–H and O–H groups in total. The lowest BCUT2D eigenvalue weighted by Crippen LogP contribution is -2.23. The second kappa shape index (κ2) is 12.3. The molecule has 220 valence electrons. The van der Waals surface area contributed by atoms with Crippen LogP contribution in [0.15, 0.2) is 83.8 Å². The number of pyridine rings is 2. The van der Waals surface area contributed by atoms with Gasteiger partial charge in [0.15, 0.2) is 0 Å². The molecule has 0 fully saturated rings. The van der Waals surface area contributed by atoms with Gasteiger partial charge in [-0.05, 0) is 55.0 Å². The number of benzene rings is 3. The van der Waals surface area contributed by atoms with Crippen molar-refractivity contribution in [2.45, 2.75) is 20.0 Å². The van der Waals surface area contributed by atoms with Gasteiger partial charge in [-0.15, -0.1) is 0 Å². The number of amides is 2. The van der Waals surface area contributed by atoms with E-state index in [-0.39, 0.29) is 29.0 Å². The Hall–Kier alpha value is -5.32. The molecular weight excluding hydrogens is 559 g/mol. The van der Waals surface area contributed by atoms with Crippen LogP contribution in [-0.2, 0) is 13.1 Å². The van der Waals surface area contributed by atoms with E-state index in [0.717, 1.165) is 23.4 Å². The third-order valence-electron chi connectivity index (χ3n) is 6.93. The molecule has 0 atom stereocenters. The van der Waals surface area contributed by atoms with Crippen molar-refractivity contribution in [2.75, 3.05) is 29.7 Å². The first-order valence-corrected chi connectivity index (χ1v) is 13.4. The number of carbonyl (C=O) groups is 1. The van der Waals surface area contributed by atoms with Crippen LogP contribution in [0.3, 0.4) is 0 Å². The summed E-state index contributed by atoms with van der Waals surface area (Å²) in [7, 11) is 3.49. The molecule has 0 aliphatic rings. The van der Waals surface area contributed by atoms with E-state index in [2.05, 4.69) is 15.6 Å². The molecule has 3 aromatic carbocycles. The van der Waals surface area contributed by atoms with Gasteiger partial charge in [0.2, 0.25) is 0 Å². The van der Waals surface area contributed by atoms with Gasteiger partial charge in [0.05, 0.1) is 23.9 Å². The average Bonchev–Trinajstić information content (AvgIpc) is 2.98. The van der Waals surface area contributed by atoms with Crippen LogP contribution >= 0.6 is 0 Å². The van der Waals surface area contributed by atoms with Gasteiger partial charge in [-0.1, -0.05) is 18.2 Å². The van der Waals surface area contributed by atoms with Gasteiger partial charge in [0, 0.05) is 55.1 Å². The molecule has 43 heavy (non-hydrogen) atoms. The van der Waals surface area contributed by atoms with E-state index in [0.29, 0.717) is 29.3 Å². The zero-order valence-electron chi connectivity index (χ0n) is 23.6. The number of anilines is 3. The fraction of sp³-hybridized carbons (Fsp3) is 0.156. The highest BCUT2D eigenvalue weighted by molar-refractivity contribution is 6.00. The first-order valence-electron chi connectivity index (χ1n) is 13.4. The van der Waals surface area contributed by atoms with Crippen LogP contribution < -0.4 is 25.8 Å². The summed E-state index contributed by atoms with van der Waals surface area (Å²) >= 11 is 0. The number of nitrogens with one attached hydrogen (secondary N) is 2. The van der Waals surface area contributed by atoms with Gasteiger partial charge >= 0.3 is 6.03 Å². The van der Waals surface area contributed by atoms with Crippen LogP contribution in [0.4, 0.5) is 35.2 Å². The fourth-order valence-corrected chi connectivity index (χ4v) is 4.77. The Kier molecular flexibility index (Phi) is 8.33. The van der Waals surface area contributed by atoms with Crippen molar-refractivity contribution in [3.8, 4) is 16.9 Å². The monoisotopic (exact) mass is 587 g/mol. The Labute approximate surface area is 245 Å². The molecule has 0 spiro atoms. The number of methoxy groups -OCH3 is 1. The molecule has 0 saturated heterocycles. The highest BCUT2D eigenvalue weighted by atomic mass is 19.1. The lowest BCUT2D eigenvalue weighted by Gasteiger charge is -2.20. The Balaban J connectivity index is 1.47. The van der Waals surface area contributed by atoms with Crippen LogP contribution in [0, 0.1) is 17.5 Å². The molecular formula is C32H28F3N5O3. The van der Waals surface area contributed by atoms with Gasteiger partial charge in [-0.2, -0.15) is 0 Å². The van der Waals surface area contributed by atoms with Crippen molar-refractivity contribution in [1.29, 1.82) is 0 Å². The summed E-state index contributed by atoms with van der Waals surface area (Å²) in [6, 6.07) is 16.9. The first-order chi connectivity index (χ1) is 20.7. The van der Waals surface area contributed by atoms with Crippen LogP contribution in [0.1, 0.15) is 12.5 Å². The molecule has 2 heterocycles. The predicted molar refractivity (Wildman–Crippen MR) is 161 cm³/mol. The molecule has 11 heteroatoms. The van der Waals surface area contributed by atoms with Crippen LogP contribution in [-0.4, -0.2) is 29.7 Å². The van der Waals surface area contributed by atoms with Crippen LogP contribution in [0.5, 0.6) is 5.75 Å². The molecule has 0 unspecified atom stereocenters. The lowest BCUT2D eigenvalue weighted by atomic mass is 10.0. The highest BCUT2D eigenvalue weighted by Gasteiger charge is 2.19. The molecule has 2 amide bonds. The van der Waals surface area contributed by atoms with Gasteiger partial charge in [-0.3, -0.25) is 4.79 Å². The highest BCUT2D eigenvalue weighted by Crippen LogP contribution is 2.30. The van der Waals surface area contributed by atoms with E-state index in [4.69, 9.17) is 4.74 Å². The molecule has 5 rings (SSSR count). The zero-order chi connectivity index (χ0) is 30.7. The normalized spacial score (nSPS) is 10.9. The molecule has 0 aliphatic heterocycles. The molecule has 0 saturated carbocycles. The van der Waals surface area contributed by atoms with E-state index in [9.17, 15) is 18.4 Å². The fourth-order valence-electron chi connectivity index (χ4n) is 4.77. The van der Waals surface area contributed by atoms with E-state index >= 15 is 4.39 Å². The number of aromatic nitrogens is 2. The first kappa shape index (κ1) is 29.2. The summed E-state index contributed by atoms with van der Waals surface area (Å²) in [4.78, 5) is 32.6. The third-order valence-corrected chi connectivity index (χ3v) is 6.93. The number of fused-ring (bicyclic) bond motifs is 1. The van der Waals surface area contributed by atoms with E-state index in [1.54, 1.807) is 26.3 Å². The Morgan fingerprint density at radius 3 is 2.42 bits per heavy atom. The third kappa shape index (κ3) is 6.30.